The number of carbonyl (C=O) groups excluding carboxylic acids is 2. The minimum absolute atomic E-state index is 0.0874. The maximum absolute atomic E-state index is 13.5. The number of fused-ring (bicyclic) bond motifs is 1. The summed E-state index contributed by atoms with van der Waals surface area (Å²) in [5.41, 5.74) is 11.6. The van der Waals surface area contributed by atoms with Gasteiger partial charge in [0.25, 0.3) is 0 Å². The van der Waals surface area contributed by atoms with Crippen molar-refractivity contribution in [2.45, 2.75) is 45.4 Å². The molecule has 1 aromatic heterocycles. The highest BCUT2D eigenvalue weighted by atomic mass is 32.1. The first-order chi connectivity index (χ1) is 13.8. The molecule has 0 bridgehead atoms. The monoisotopic (exact) mass is 403 g/mol. The molecule has 0 spiro atoms. The predicted molar refractivity (Wildman–Crippen MR) is 118 cm³/mol. The van der Waals surface area contributed by atoms with Crippen molar-refractivity contribution in [1.29, 1.82) is 0 Å². The van der Waals surface area contributed by atoms with E-state index in [9.17, 15) is 9.59 Å². The quantitative estimate of drug-likeness (QED) is 0.608. The highest BCUT2D eigenvalue weighted by Gasteiger charge is 2.49. The van der Waals surface area contributed by atoms with Crippen LogP contribution in [-0.4, -0.2) is 11.7 Å². The van der Waals surface area contributed by atoms with Crippen molar-refractivity contribution >= 4 is 23.0 Å². The number of primary amides is 1. The second-order valence-corrected chi connectivity index (χ2v) is 9.05. The molecule has 3 nitrogen and oxygen atoms in total. The second kappa shape index (κ2) is 7.27. The fraction of sp³-hybridized carbons (Fsp3) is 0.280. The Morgan fingerprint density at radius 3 is 2.48 bits per heavy atom. The molecule has 29 heavy (non-hydrogen) atoms. The maximum Gasteiger partial charge on any atom is 0.224 e. The summed E-state index contributed by atoms with van der Waals surface area (Å²) in [7, 11) is 0. The molecular weight excluding hydrogens is 378 g/mol. The number of carbonyl (C=O) groups is 2. The summed E-state index contributed by atoms with van der Waals surface area (Å²) in [6.07, 6.45) is 1.29. The van der Waals surface area contributed by atoms with Crippen LogP contribution < -0.4 is 5.73 Å². The summed E-state index contributed by atoms with van der Waals surface area (Å²) in [5.74, 6) is -0.653. The van der Waals surface area contributed by atoms with E-state index >= 15 is 0 Å². The average Bonchev–Trinajstić information content (AvgIpc) is 3.24. The highest BCUT2D eigenvalue weighted by molar-refractivity contribution is 7.16. The Labute approximate surface area is 175 Å². The van der Waals surface area contributed by atoms with Gasteiger partial charge in [0.2, 0.25) is 5.91 Å². The molecule has 0 unspecified atom stereocenters. The van der Waals surface area contributed by atoms with Crippen molar-refractivity contribution in [3.63, 3.8) is 0 Å². The molecule has 1 aliphatic carbocycles. The third-order valence-corrected chi connectivity index (χ3v) is 7.62. The molecule has 2 N–H and O–H groups in total. The van der Waals surface area contributed by atoms with E-state index in [0.717, 1.165) is 28.0 Å². The number of hydrogen-bond donors (Lipinski definition) is 1. The molecule has 1 amide bonds. The number of aryl methyl sites for hydroxylation is 3. The normalized spacial score (nSPS) is 17.9. The zero-order valence-corrected chi connectivity index (χ0v) is 17.9. The first-order valence-electron chi connectivity index (χ1n) is 9.92. The number of hydrogen-bond acceptors (Lipinski definition) is 3. The van der Waals surface area contributed by atoms with Crippen LogP contribution in [0.2, 0.25) is 0 Å². The highest BCUT2D eigenvalue weighted by Crippen LogP contribution is 2.52. The standard InChI is InChI=1S/C25H25NO2S/c1-15-8-6-10-20(17(15)3)25(22(27)14-23(26)28)12-11-18-13-21(29-24(18)25)19-9-5-4-7-16(19)2/h4-10,13H,11-12,14H2,1-3H3,(H2,26,28)/t25-/m0/s1. The van der Waals surface area contributed by atoms with Gasteiger partial charge in [0.1, 0.15) is 0 Å². The van der Waals surface area contributed by atoms with E-state index in [1.54, 1.807) is 11.3 Å². The lowest BCUT2D eigenvalue weighted by molar-refractivity contribution is -0.129. The van der Waals surface area contributed by atoms with Crippen LogP contribution in [0.5, 0.6) is 0 Å². The van der Waals surface area contributed by atoms with Crippen molar-refractivity contribution < 1.29 is 9.59 Å². The van der Waals surface area contributed by atoms with Gasteiger partial charge in [-0.05, 0) is 73.1 Å². The second-order valence-electron chi connectivity index (χ2n) is 8.00. The van der Waals surface area contributed by atoms with E-state index in [1.165, 1.54) is 21.6 Å². The summed E-state index contributed by atoms with van der Waals surface area (Å²) in [6.45, 7) is 6.24. The third kappa shape index (κ3) is 3.12. The molecule has 0 aliphatic heterocycles. The topological polar surface area (TPSA) is 60.2 Å². The molecule has 4 heteroatoms. The number of rotatable bonds is 5. The molecule has 3 aromatic rings. The predicted octanol–water partition coefficient (Wildman–Crippen LogP) is 5.02. The lowest BCUT2D eigenvalue weighted by Gasteiger charge is -2.30. The van der Waals surface area contributed by atoms with Gasteiger partial charge in [-0.25, -0.2) is 0 Å². The van der Waals surface area contributed by atoms with Crippen LogP contribution in [0.3, 0.4) is 0 Å². The summed E-state index contributed by atoms with van der Waals surface area (Å²) in [4.78, 5) is 27.5. The van der Waals surface area contributed by atoms with Gasteiger partial charge in [0.05, 0.1) is 11.8 Å². The van der Waals surface area contributed by atoms with Crippen LogP contribution in [0.15, 0.2) is 48.5 Å². The van der Waals surface area contributed by atoms with Crippen molar-refractivity contribution in [3.8, 4) is 10.4 Å². The van der Waals surface area contributed by atoms with Gasteiger partial charge in [0, 0.05) is 9.75 Å². The van der Waals surface area contributed by atoms with Gasteiger partial charge in [-0.2, -0.15) is 0 Å². The summed E-state index contributed by atoms with van der Waals surface area (Å²) in [6, 6.07) is 16.7. The van der Waals surface area contributed by atoms with Crippen molar-refractivity contribution in [3.05, 3.63) is 81.2 Å². The van der Waals surface area contributed by atoms with E-state index in [-0.39, 0.29) is 12.2 Å². The Bertz CT molecular complexity index is 1130. The zero-order chi connectivity index (χ0) is 20.8. The van der Waals surface area contributed by atoms with Gasteiger partial charge in [-0.1, -0.05) is 42.5 Å². The van der Waals surface area contributed by atoms with Crippen molar-refractivity contribution in [2.75, 3.05) is 0 Å². The molecule has 0 radical (unpaired) electrons. The fourth-order valence-electron chi connectivity index (χ4n) is 4.59. The molecule has 1 heterocycles. The van der Waals surface area contributed by atoms with E-state index in [0.29, 0.717) is 6.42 Å². The maximum atomic E-state index is 13.5. The first kappa shape index (κ1) is 19.6. The lowest BCUT2D eigenvalue weighted by atomic mass is 9.72. The Morgan fingerprint density at radius 2 is 1.76 bits per heavy atom. The van der Waals surface area contributed by atoms with Gasteiger partial charge in [-0.15, -0.1) is 11.3 Å². The largest absolute Gasteiger partial charge is 0.369 e. The van der Waals surface area contributed by atoms with E-state index in [1.807, 2.05) is 24.3 Å². The van der Waals surface area contributed by atoms with Crippen LogP contribution in [0.4, 0.5) is 0 Å². The van der Waals surface area contributed by atoms with Crippen LogP contribution in [0, 0.1) is 20.8 Å². The molecule has 0 fully saturated rings. The first-order valence-corrected chi connectivity index (χ1v) is 10.7. The SMILES string of the molecule is Cc1ccccc1-c1cc2c(s1)[C@](C(=O)CC(N)=O)(c1cccc(C)c1C)CC2. The van der Waals surface area contributed by atoms with Gasteiger partial charge in [0.15, 0.2) is 5.78 Å². The van der Waals surface area contributed by atoms with Gasteiger partial charge < -0.3 is 5.73 Å². The molecule has 2 aromatic carbocycles. The fourth-order valence-corrected chi connectivity index (χ4v) is 6.14. The molecule has 4 rings (SSSR count). The molecular formula is C25H25NO2S. The minimum Gasteiger partial charge on any atom is -0.369 e. The molecule has 1 aliphatic rings. The van der Waals surface area contributed by atoms with Crippen LogP contribution in [-0.2, 0) is 21.4 Å². The smallest absolute Gasteiger partial charge is 0.224 e. The number of ketones is 1. The van der Waals surface area contributed by atoms with E-state index in [4.69, 9.17) is 5.73 Å². The van der Waals surface area contributed by atoms with Crippen LogP contribution in [0.1, 0.15) is 45.5 Å². The van der Waals surface area contributed by atoms with Gasteiger partial charge >= 0.3 is 0 Å². The van der Waals surface area contributed by atoms with E-state index < -0.39 is 11.3 Å². The average molecular weight is 404 g/mol. The van der Waals surface area contributed by atoms with Crippen molar-refractivity contribution in [1.82, 2.24) is 0 Å². The Morgan fingerprint density at radius 1 is 1.03 bits per heavy atom. The number of thiophene rings is 1. The lowest BCUT2D eigenvalue weighted by Crippen LogP contribution is -2.37. The Hall–Kier alpha value is -2.72. The van der Waals surface area contributed by atoms with E-state index in [2.05, 4.69) is 45.0 Å². The zero-order valence-electron chi connectivity index (χ0n) is 17.0. The summed E-state index contributed by atoms with van der Waals surface area (Å²) < 4.78 is 0. The van der Waals surface area contributed by atoms with Crippen LogP contribution >= 0.6 is 11.3 Å². The molecule has 1 atom stereocenters. The third-order valence-electron chi connectivity index (χ3n) is 6.25. The van der Waals surface area contributed by atoms with Gasteiger partial charge in [-0.3, -0.25) is 9.59 Å². The Balaban J connectivity index is 1.94. The number of nitrogens with two attached hydrogens (primary N) is 1. The number of Topliss-reactive ketones (excluding diaryl/α,β-unsaturated/α-hetero) is 1. The van der Waals surface area contributed by atoms with Crippen LogP contribution in [0.25, 0.3) is 10.4 Å². The minimum atomic E-state index is -0.786. The molecule has 0 saturated carbocycles. The molecule has 0 saturated heterocycles. The number of amides is 1. The molecule has 148 valence electrons. The summed E-state index contributed by atoms with van der Waals surface area (Å²) >= 11 is 1.69. The summed E-state index contributed by atoms with van der Waals surface area (Å²) in [5, 5.41) is 0. The number of benzene rings is 2. The van der Waals surface area contributed by atoms with Crippen molar-refractivity contribution in [2.24, 2.45) is 5.73 Å². The Kier molecular flexibility index (Phi) is 4.91.